The van der Waals surface area contributed by atoms with Gasteiger partial charge in [-0.25, -0.2) is 4.39 Å². The Kier molecular flexibility index (Phi) is 4.62. The van der Waals surface area contributed by atoms with Crippen LogP contribution in [0.4, 0.5) is 4.39 Å². The van der Waals surface area contributed by atoms with E-state index in [-0.39, 0.29) is 11.3 Å². The minimum absolute atomic E-state index is 0.0931. The zero-order chi connectivity index (χ0) is 14.7. The molecule has 0 heterocycles. The van der Waals surface area contributed by atoms with Gasteiger partial charge in [-0.1, -0.05) is 28.1 Å². The smallest absolute Gasteiger partial charge is 0.171 e. The molecule has 0 aliphatic carbocycles. The highest BCUT2D eigenvalue weighted by atomic mass is 79.9. The Hall–Kier alpha value is -1.59. The third kappa shape index (κ3) is 2.78. The maximum atomic E-state index is 14.2. The summed E-state index contributed by atoms with van der Waals surface area (Å²) in [6, 6.07) is 9.84. The summed E-state index contributed by atoms with van der Waals surface area (Å²) in [6.45, 7) is 0. The fraction of sp³-hybridized carbons (Fsp3) is 0.200. The van der Waals surface area contributed by atoms with E-state index >= 15 is 0 Å². The fourth-order valence-corrected chi connectivity index (χ4v) is 2.36. The summed E-state index contributed by atoms with van der Waals surface area (Å²) >= 11 is 3.33. The number of hydrogen-bond acceptors (Lipinski definition) is 3. The standard InChI is InChI=1S/C15H14BrFO3/c1-19-12-7-6-9(16)8-11(12)15(18)10-4-3-5-13(20-2)14(10)17/h3-8,15,18H,1-2H3. The van der Waals surface area contributed by atoms with Crippen LogP contribution in [-0.2, 0) is 0 Å². The molecular formula is C15H14BrFO3. The van der Waals surface area contributed by atoms with Crippen LogP contribution in [0.2, 0.25) is 0 Å². The minimum atomic E-state index is -1.14. The molecule has 106 valence electrons. The fourth-order valence-electron chi connectivity index (χ4n) is 1.98. The molecule has 0 radical (unpaired) electrons. The highest BCUT2D eigenvalue weighted by Gasteiger charge is 2.21. The summed E-state index contributed by atoms with van der Waals surface area (Å²) in [6.07, 6.45) is -1.14. The van der Waals surface area contributed by atoms with Crippen LogP contribution in [0, 0.1) is 5.82 Å². The molecule has 0 amide bonds. The number of aliphatic hydroxyl groups is 1. The Balaban J connectivity index is 2.51. The van der Waals surface area contributed by atoms with E-state index in [0.717, 1.165) is 4.47 Å². The zero-order valence-electron chi connectivity index (χ0n) is 11.1. The first-order chi connectivity index (χ1) is 9.58. The molecule has 20 heavy (non-hydrogen) atoms. The van der Waals surface area contributed by atoms with Crippen molar-refractivity contribution in [2.24, 2.45) is 0 Å². The molecule has 0 aromatic heterocycles. The quantitative estimate of drug-likeness (QED) is 0.922. The third-order valence-electron chi connectivity index (χ3n) is 2.99. The first-order valence-corrected chi connectivity index (χ1v) is 6.71. The lowest BCUT2D eigenvalue weighted by atomic mass is 10.00. The van der Waals surface area contributed by atoms with Crippen LogP contribution >= 0.6 is 15.9 Å². The molecule has 3 nitrogen and oxygen atoms in total. The molecule has 0 bridgehead atoms. The van der Waals surface area contributed by atoms with Crippen molar-refractivity contribution in [1.29, 1.82) is 0 Å². The van der Waals surface area contributed by atoms with E-state index in [2.05, 4.69) is 15.9 Å². The Labute approximate surface area is 125 Å². The SMILES string of the molecule is COc1ccc(Br)cc1C(O)c1cccc(OC)c1F. The highest BCUT2D eigenvalue weighted by Crippen LogP contribution is 2.35. The number of aliphatic hydroxyl groups excluding tert-OH is 1. The molecule has 1 unspecified atom stereocenters. The molecule has 2 aromatic carbocycles. The lowest BCUT2D eigenvalue weighted by molar-refractivity contribution is 0.208. The minimum Gasteiger partial charge on any atom is -0.496 e. The second kappa shape index (κ2) is 6.24. The van der Waals surface area contributed by atoms with Crippen LogP contribution in [0.3, 0.4) is 0 Å². The largest absolute Gasteiger partial charge is 0.496 e. The monoisotopic (exact) mass is 340 g/mol. The van der Waals surface area contributed by atoms with Gasteiger partial charge in [0.15, 0.2) is 11.6 Å². The number of ether oxygens (including phenoxy) is 2. The van der Waals surface area contributed by atoms with E-state index in [1.807, 2.05) is 0 Å². The van der Waals surface area contributed by atoms with Crippen molar-refractivity contribution in [2.45, 2.75) is 6.10 Å². The Morgan fingerprint density at radius 3 is 2.40 bits per heavy atom. The van der Waals surface area contributed by atoms with E-state index in [1.165, 1.54) is 26.4 Å². The predicted octanol–water partition coefficient (Wildman–Crippen LogP) is 3.69. The van der Waals surface area contributed by atoms with Gasteiger partial charge in [0.25, 0.3) is 0 Å². The van der Waals surface area contributed by atoms with Gasteiger partial charge < -0.3 is 14.6 Å². The number of hydrogen-bond donors (Lipinski definition) is 1. The summed E-state index contributed by atoms with van der Waals surface area (Å²) in [5.74, 6) is 0.00274. The van der Waals surface area contributed by atoms with Crippen LogP contribution in [-0.4, -0.2) is 19.3 Å². The van der Waals surface area contributed by atoms with E-state index < -0.39 is 11.9 Å². The molecule has 0 aliphatic heterocycles. The van der Waals surface area contributed by atoms with E-state index in [4.69, 9.17) is 9.47 Å². The van der Waals surface area contributed by atoms with Crippen molar-refractivity contribution in [3.63, 3.8) is 0 Å². The maximum Gasteiger partial charge on any atom is 0.171 e. The molecule has 0 saturated carbocycles. The van der Waals surface area contributed by atoms with E-state index in [1.54, 1.807) is 24.3 Å². The molecule has 0 spiro atoms. The molecule has 0 aliphatic rings. The molecule has 2 aromatic rings. The number of halogens is 2. The zero-order valence-corrected chi connectivity index (χ0v) is 12.6. The summed E-state index contributed by atoms with van der Waals surface area (Å²) in [7, 11) is 2.88. The molecule has 1 atom stereocenters. The van der Waals surface area contributed by atoms with Gasteiger partial charge in [0.2, 0.25) is 0 Å². The van der Waals surface area contributed by atoms with Crippen molar-refractivity contribution >= 4 is 15.9 Å². The van der Waals surface area contributed by atoms with Crippen LogP contribution < -0.4 is 9.47 Å². The lowest BCUT2D eigenvalue weighted by Crippen LogP contribution is -2.06. The van der Waals surface area contributed by atoms with Gasteiger partial charge in [-0.3, -0.25) is 0 Å². The molecule has 1 N–H and O–H groups in total. The van der Waals surface area contributed by atoms with Gasteiger partial charge in [0.1, 0.15) is 11.9 Å². The van der Waals surface area contributed by atoms with Crippen molar-refractivity contribution in [1.82, 2.24) is 0 Å². The molecule has 0 saturated heterocycles. The van der Waals surface area contributed by atoms with Crippen molar-refractivity contribution < 1.29 is 19.0 Å². The van der Waals surface area contributed by atoms with Crippen molar-refractivity contribution in [2.75, 3.05) is 14.2 Å². The Morgan fingerprint density at radius 2 is 1.75 bits per heavy atom. The van der Waals surface area contributed by atoms with Crippen LogP contribution in [0.15, 0.2) is 40.9 Å². The van der Waals surface area contributed by atoms with Gasteiger partial charge >= 0.3 is 0 Å². The van der Waals surface area contributed by atoms with E-state index in [9.17, 15) is 9.50 Å². The van der Waals surface area contributed by atoms with Crippen LogP contribution in [0.5, 0.6) is 11.5 Å². The van der Waals surface area contributed by atoms with Crippen molar-refractivity contribution in [3.8, 4) is 11.5 Å². The molecule has 2 rings (SSSR count). The van der Waals surface area contributed by atoms with E-state index in [0.29, 0.717) is 11.3 Å². The third-order valence-corrected chi connectivity index (χ3v) is 3.49. The summed E-state index contributed by atoms with van der Waals surface area (Å²) in [5.41, 5.74) is 0.620. The lowest BCUT2D eigenvalue weighted by Gasteiger charge is -2.17. The second-order valence-corrected chi connectivity index (χ2v) is 5.07. The number of rotatable bonds is 4. The Bertz CT molecular complexity index is 616. The van der Waals surface area contributed by atoms with Gasteiger partial charge in [-0.15, -0.1) is 0 Å². The average Bonchev–Trinajstić information content (AvgIpc) is 2.46. The predicted molar refractivity (Wildman–Crippen MR) is 77.7 cm³/mol. The van der Waals surface area contributed by atoms with Crippen LogP contribution in [0.25, 0.3) is 0 Å². The van der Waals surface area contributed by atoms with Gasteiger partial charge in [0.05, 0.1) is 14.2 Å². The normalized spacial score (nSPS) is 12.1. The summed E-state index contributed by atoms with van der Waals surface area (Å²) in [4.78, 5) is 0. The topological polar surface area (TPSA) is 38.7 Å². The summed E-state index contributed by atoms with van der Waals surface area (Å²) < 4.78 is 25.1. The average molecular weight is 341 g/mol. The molecular weight excluding hydrogens is 327 g/mol. The first-order valence-electron chi connectivity index (χ1n) is 5.92. The number of methoxy groups -OCH3 is 2. The van der Waals surface area contributed by atoms with Gasteiger partial charge in [-0.2, -0.15) is 0 Å². The van der Waals surface area contributed by atoms with Crippen LogP contribution in [0.1, 0.15) is 17.2 Å². The van der Waals surface area contributed by atoms with Gasteiger partial charge in [-0.05, 0) is 24.3 Å². The Morgan fingerprint density at radius 1 is 1.05 bits per heavy atom. The second-order valence-electron chi connectivity index (χ2n) is 4.15. The number of benzene rings is 2. The van der Waals surface area contributed by atoms with Crippen molar-refractivity contribution in [3.05, 3.63) is 57.8 Å². The maximum absolute atomic E-state index is 14.2. The summed E-state index contributed by atoms with van der Waals surface area (Å²) in [5, 5.41) is 10.4. The highest BCUT2D eigenvalue weighted by molar-refractivity contribution is 9.10. The molecule has 0 fully saturated rings. The first kappa shape index (κ1) is 14.8. The molecule has 5 heteroatoms. The van der Waals surface area contributed by atoms with Gasteiger partial charge in [0, 0.05) is 15.6 Å².